The molecule has 1 atom stereocenters. The minimum absolute atomic E-state index is 0.0398. The molecule has 1 aliphatic heterocycles. The van der Waals surface area contributed by atoms with Crippen LogP contribution in [0.2, 0.25) is 0 Å². The number of nitrogens with one attached hydrogen (secondary N) is 2. The van der Waals surface area contributed by atoms with E-state index in [1.54, 1.807) is 0 Å². The van der Waals surface area contributed by atoms with Crippen molar-refractivity contribution >= 4 is 11.6 Å². The molecule has 1 aromatic carbocycles. The van der Waals surface area contributed by atoms with Gasteiger partial charge >= 0.3 is 0 Å². The zero-order valence-corrected chi connectivity index (χ0v) is 11.9. The van der Waals surface area contributed by atoms with Gasteiger partial charge in [0.2, 0.25) is 5.91 Å². The minimum atomic E-state index is 0.0398. The van der Waals surface area contributed by atoms with Gasteiger partial charge in [0.15, 0.2) is 0 Å². The lowest BCUT2D eigenvalue weighted by Gasteiger charge is -2.22. The molecule has 108 valence electrons. The highest BCUT2D eigenvalue weighted by atomic mass is 16.5. The molecule has 20 heavy (non-hydrogen) atoms. The molecule has 4 nitrogen and oxygen atoms in total. The number of benzene rings is 1. The fourth-order valence-corrected chi connectivity index (χ4v) is 2.21. The second-order valence-corrected chi connectivity index (χ2v) is 5.27. The van der Waals surface area contributed by atoms with Crippen molar-refractivity contribution in [1.82, 2.24) is 5.32 Å². The van der Waals surface area contributed by atoms with Gasteiger partial charge in [-0.15, -0.1) is 0 Å². The first-order valence-corrected chi connectivity index (χ1v) is 7.04. The molecule has 1 aliphatic rings. The Morgan fingerprint density at radius 1 is 1.50 bits per heavy atom. The monoisotopic (exact) mass is 274 g/mol. The van der Waals surface area contributed by atoms with E-state index in [-0.39, 0.29) is 11.8 Å². The number of ether oxygens (including phenoxy) is 1. The summed E-state index contributed by atoms with van der Waals surface area (Å²) in [5.41, 5.74) is 1.67. The van der Waals surface area contributed by atoms with Crippen molar-refractivity contribution in [3.8, 4) is 5.75 Å². The molecule has 0 aromatic heterocycles. The Bertz CT molecular complexity index is 479. The molecule has 2 rings (SSSR count). The zero-order valence-electron chi connectivity index (χ0n) is 11.9. The highest BCUT2D eigenvalue weighted by molar-refractivity contribution is 5.94. The van der Waals surface area contributed by atoms with E-state index >= 15 is 0 Å². The van der Waals surface area contributed by atoms with E-state index in [2.05, 4.69) is 17.2 Å². The van der Waals surface area contributed by atoms with Gasteiger partial charge in [0.1, 0.15) is 12.4 Å². The van der Waals surface area contributed by atoms with Crippen molar-refractivity contribution in [2.24, 2.45) is 5.92 Å². The second kappa shape index (κ2) is 7.10. The predicted molar refractivity (Wildman–Crippen MR) is 81.0 cm³/mol. The van der Waals surface area contributed by atoms with Crippen molar-refractivity contribution in [2.75, 3.05) is 25.0 Å². The van der Waals surface area contributed by atoms with Gasteiger partial charge in [-0.2, -0.15) is 0 Å². The minimum Gasteiger partial charge on any atom is -0.487 e. The third-order valence-electron chi connectivity index (χ3n) is 3.29. The normalized spacial score (nSPS) is 18.4. The average molecular weight is 274 g/mol. The van der Waals surface area contributed by atoms with Gasteiger partial charge in [-0.3, -0.25) is 4.79 Å². The third kappa shape index (κ3) is 4.10. The Hall–Kier alpha value is -1.81. The average Bonchev–Trinajstić information content (AvgIpc) is 2.47. The Balaban J connectivity index is 2.00. The standard InChI is InChI=1S/C16H22N2O2/c1-12(2)11-20-15-8-4-3-7-14(15)18-16(19)13-6-5-9-17-10-13/h3-4,7-8,13,17H,1,5-6,9-11H2,2H3,(H,18,19). The number of carbonyl (C=O) groups excluding carboxylic acids is 1. The van der Waals surface area contributed by atoms with E-state index in [1.165, 1.54) is 0 Å². The number of carbonyl (C=O) groups is 1. The van der Waals surface area contributed by atoms with E-state index in [1.807, 2.05) is 31.2 Å². The summed E-state index contributed by atoms with van der Waals surface area (Å²) in [5.74, 6) is 0.786. The predicted octanol–water partition coefficient (Wildman–Crippen LogP) is 2.58. The number of piperidine rings is 1. The van der Waals surface area contributed by atoms with Crippen LogP contribution < -0.4 is 15.4 Å². The number of rotatable bonds is 5. The highest BCUT2D eigenvalue weighted by Gasteiger charge is 2.21. The van der Waals surface area contributed by atoms with Crippen LogP contribution in [0, 0.1) is 5.92 Å². The topological polar surface area (TPSA) is 50.4 Å². The van der Waals surface area contributed by atoms with Crippen LogP contribution >= 0.6 is 0 Å². The van der Waals surface area contributed by atoms with Crippen LogP contribution in [0.1, 0.15) is 19.8 Å². The second-order valence-electron chi connectivity index (χ2n) is 5.27. The first-order chi connectivity index (χ1) is 9.66. The van der Waals surface area contributed by atoms with Crippen LogP contribution in [0.5, 0.6) is 5.75 Å². The van der Waals surface area contributed by atoms with Gasteiger partial charge in [-0.05, 0) is 44.0 Å². The number of para-hydroxylation sites is 2. The van der Waals surface area contributed by atoms with Crippen LogP contribution in [0.4, 0.5) is 5.69 Å². The maximum absolute atomic E-state index is 12.2. The summed E-state index contributed by atoms with van der Waals surface area (Å²) in [6.45, 7) is 7.93. The third-order valence-corrected chi connectivity index (χ3v) is 3.29. The van der Waals surface area contributed by atoms with E-state index in [9.17, 15) is 4.79 Å². The lowest BCUT2D eigenvalue weighted by molar-refractivity contribution is -0.120. The van der Waals surface area contributed by atoms with E-state index in [4.69, 9.17) is 4.74 Å². The van der Waals surface area contributed by atoms with Crippen LogP contribution in [-0.4, -0.2) is 25.6 Å². The van der Waals surface area contributed by atoms with Gasteiger partial charge in [0, 0.05) is 6.54 Å². The van der Waals surface area contributed by atoms with Gasteiger partial charge < -0.3 is 15.4 Å². The van der Waals surface area contributed by atoms with Gasteiger partial charge in [-0.1, -0.05) is 18.7 Å². The number of amides is 1. The Morgan fingerprint density at radius 2 is 2.30 bits per heavy atom. The molecule has 0 bridgehead atoms. The van der Waals surface area contributed by atoms with Gasteiger partial charge in [0.05, 0.1) is 11.6 Å². The van der Waals surface area contributed by atoms with Crippen molar-refractivity contribution in [2.45, 2.75) is 19.8 Å². The van der Waals surface area contributed by atoms with Crippen LogP contribution in [0.3, 0.4) is 0 Å². The van der Waals surface area contributed by atoms with E-state index in [0.717, 1.165) is 37.2 Å². The Kier molecular flexibility index (Phi) is 5.18. The molecule has 0 aliphatic carbocycles. The van der Waals surface area contributed by atoms with Gasteiger partial charge in [-0.25, -0.2) is 0 Å². The van der Waals surface area contributed by atoms with Crippen molar-refractivity contribution in [1.29, 1.82) is 0 Å². The van der Waals surface area contributed by atoms with Gasteiger partial charge in [0.25, 0.3) is 0 Å². The van der Waals surface area contributed by atoms with Crippen molar-refractivity contribution in [3.63, 3.8) is 0 Å². The fraction of sp³-hybridized carbons (Fsp3) is 0.438. The van der Waals surface area contributed by atoms with Crippen LogP contribution in [0.15, 0.2) is 36.4 Å². The largest absolute Gasteiger partial charge is 0.487 e. The summed E-state index contributed by atoms with van der Waals surface area (Å²) in [6, 6.07) is 7.51. The smallest absolute Gasteiger partial charge is 0.228 e. The molecular formula is C16H22N2O2. The van der Waals surface area contributed by atoms with E-state index < -0.39 is 0 Å². The molecule has 0 radical (unpaired) electrons. The van der Waals surface area contributed by atoms with Crippen molar-refractivity contribution < 1.29 is 9.53 Å². The molecule has 1 amide bonds. The molecule has 2 N–H and O–H groups in total. The Labute approximate surface area is 120 Å². The first kappa shape index (κ1) is 14.6. The molecule has 1 fully saturated rings. The summed E-state index contributed by atoms with van der Waals surface area (Å²) >= 11 is 0. The van der Waals surface area contributed by atoms with Crippen LogP contribution in [0.25, 0.3) is 0 Å². The molecular weight excluding hydrogens is 252 g/mol. The molecule has 1 heterocycles. The maximum atomic E-state index is 12.2. The maximum Gasteiger partial charge on any atom is 0.228 e. The summed E-state index contributed by atoms with van der Waals surface area (Å²) in [4.78, 5) is 12.2. The lowest BCUT2D eigenvalue weighted by Crippen LogP contribution is -2.37. The molecule has 0 spiro atoms. The summed E-state index contributed by atoms with van der Waals surface area (Å²) < 4.78 is 5.66. The molecule has 1 unspecified atom stereocenters. The highest BCUT2D eigenvalue weighted by Crippen LogP contribution is 2.25. The number of anilines is 1. The lowest BCUT2D eigenvalue weighted by atomic mass is 9.99. The van der Waals surface area contributed by atoms with Crippen molar-refractivity contribution in [3.05, 3.63) is 36.4 Å². The fourth-order valence-electron chi connectivity index (χ4n) is 2.21. The quantitative estimate of drug-likeness (QED) is 0.811. The Morgan fingerprint density at radius 3 is 3.00 bits per heavy atom. The molecule has 0 saturated carbocycles. The van der Waals surface area contributed by atoms with Crippen LogP contribution in [-0.2, 0) is 4.79 Å². The molecule has 1 saturated heterocycles. The SMILES string of the molecule is C=C(C)COc1ccccc1NC(=O)C1CCCNC1. The summed E-state index contributed by atoms with van der Waals surface area (Å²) in [6.07, 6.45) is 1.99. The number of hydrogen-bond donors (Lipinski definition) is 2. The summed E-state index contributed by atoms with van der Waals surface area (Å²) in [7, 11) is 0. The van der Waals surface area contributed by atoms with E-state index in [0.29, 0.717) is 12.4 Å². The summed E-state index contributed by atoms with van der Waals surface area (Å²) in [5, 5.41) is 6.22. The molecule has 1 aromatic rings. The molecule has 4 heteroatoms. The number of hydrogen-bond acceptors (Lipinski definition) is 3. The zero-order chi connectivity index (χ0) is 14.4. The first-order valence-electron chi connectivity index (χ1n) is 7.04.